The summed E-state index contributed by atoms with van der Waals surface area (Å²) in [7, 11) is 0. The van der Waals surface area contributed by atoms with E-state index in [0.717, 1.165) is 24.0 Å². The van der Waals surface area contributed by atoms with E-state index in [9.17, 15) is 4.79 Å². The van der Waals surface area contributed by atoms with Crippen molar-refractivity contribution in [1.29, 1.82) is 0 Å². The molecule has 0 aliphatic rings. The second kappa shape index (κ2) is 8.54. The van der Waals surface area contributed by atoms with Crippen molar-refractivity contribution < 1.29 is 35.8 Å². The van der Waals surface area contributed by atoms with Crippen LogP contribution in [0.2, 0.25) is 0 Å². The molecule has 0 saturated heterocycles. The summed E-state index contributed by atoms with van der Waals surface area (Å²) in [5, 5.41) is 0. The van der Waals surface area contributed by atoms with Gasteiger partial charge in [-0.3, -0.25) is 4.79 Å². The van der Waals surface area contributed by atoms with Crippen LogP contribution in [0.15, 0.2) is 59.5 Å². The Balaban J connectivity index is 0.00000162. The van der Waals surface area contributed by atoms with Gasteiger partial charge in [0, 0.05) is 16.2 Å². The number of rotatable bonds is 5. The SMILES string of the molecule is O=Cc1ccc(CCSc2ccccc2)cc1.[H-].[Na+]. The minimum Gasteiger partial charge on any atom is -1.00 e. The van der Waals surface area contributed by atoms with E-state index in [2.05, 4.69) is 24.3 Å². The third kappa shape index (κ3) is 4.99. The van der Waals surface area contributed by atoms with E-state index in [-0.39, 0.29) is 31.0 Å². The Kier molecular flexibility index (Phi) is 7.36. The van der Waals surface area contributed by atoms with Gasteiger partial charge in [0.15, 0.2) is 0 Å². The molecule has 0 atom stereocenters. The standard InChI is InChI=1S/C15H14OS.Na.H/c16-12-14-8-6-13(7-9-14)10-11-17-15-4-2-1-3-5-15;;/h1-9,12H,10-11H2;;/q;+1;-1. The number of hydrogen-bond acceptors (Lipinski definition) is 2. The van der Waals surface area contributed by atoms with Crippen molar-refractivity contribution >= 4 is 18.0 Å². The van der Waals surface area contributed by atoms with Gasteiger partial charge >= 0.3 is 29.6 Å². The summed E-state index contributed by atoms with van der Waals surface area (Å²) in [6.07, 6.45) is 1.90. The van der Waals surface area contributed by atoms with Crippen LogP contribution in [0.1, 0.15) is 17.3 Å². The number of carbonyl (C=O) groups excluding carboxylic acids is 1. The second-order valence-corrected chi connectivity index (χ2v) is 4.94. The molecule has 2 aromatic carbocycles. The summed E-state index contributed by atoms with van der Waals surface area (Å²) >= 11 is 1.86. The predicted molar refractivity (Wildman–Crippen MR) is 73.8 cm³/mol. The van der Waals surface area contributed by atoms with Gasteiger partial charge in [-0.1, -0.05) is 42.5 Å². The maximum Gasteiger partial charge on any atom is 1.00 e. The summed E-state index contributed by atoms with van der Waals surface area (Å²) in [4.78, 5) is 11.8. The van der Waals surface area contributed by atoms with Gasteiger partial charge in [-0.15, -0.1) is 11.8 Å². The molecule has 0 heterocycles. The molecular weight excluding hydrogens is 251 g/mol. The van der Waals surface area contributed by atoms with E-state index in [1.165, 1.54) is 10.5 Å². The van der Waals surface area contributed by atoms with Crippen LogP contribution >= 0.6 is 11.8 Å². The molecule has 0 spiro atoms. The zero-order valence-corrected chi connectivity index (χ0v) is 13.3. The van der Waals surface area contributed by atoms with Crippen molar-refractivity contribution in [2.24, 2.45) is 0 Å². The largest absolute Gasteiger partial charge is 1.00 e. The molecule has 0 radical (unpaired) electrons. The second-order valence-electron chi connectivity index (χ2n) is 3.77. The third-order valence-corrected chi connectivity index (χ3v) is 3.53. The van der Waals surface area contributed by atoms with Crippen molar-refractivity contribution in [1.82, 2.24) is 0 Å². The molecule has 3 heteroatoms. The minimum atomic E-state index is 0. The van der Waals surface area contributed by atoms with Gasteiger partial charge in [0.05, 0.1) is 0 Å². The number of thioether (sulfide) groups is 1. The van der Waals surface area contributed by atoms with E-state index in [4.69, 9.17) is 0 Å². The van der Waals surface area contributed by atoms with Crippen LogP contribution in [-0.4, -0.2) is 12.0 Å². The molecule has 2 rings (SSSR count). The monoisotopic (exact) mass is 266 g/mol. The number of carbonyl (C=O) groups is 1. The smallest absolute Gasteiger partial charge is 1.00 e. The van der Waals surface area contributed by atoms with Crippen LogP contribution < -0.4 is 29.6 Å². The number of aryl methyl sites for hydroxylation is 1. The van der Waals surface area contributed by atoms with Crippen molar-refractivity contribution in [2.75, 3.05) is 5.75 Å². The molecule has 1 nitrogen and oxygen atoms in total. The van der Waals surface area contributed by atoms with Gasteiger partial charge in [0.1, 0.15) is 6.29 Å². The van der Waals surface area contributed by atoms with E-state index in [0.29, 0.717) is 0 Å². The molecule has 0 fully saturated rings. The topological polar surface area (TPSA) is 17.1 Å². The van der Waals surface area contributed by atoms with Crippen molar-refractivity contribution in [3.05, 3.63) is 65.7 Å². The Morgan fingerprint density at radius 1 is 1.00 bits per heavy atom. The fraction of sp³-hybridized carbons (Fsp3) is 0.133. The minimum absolute atomic E-state index is 0. The molecule has 0 aliphatic heterocycles. The van der Waals surface area contributed by atoms with Gasteiger partial charge in [-0.25, -0.2) is 0 Å². The molecule has 0 aliphatic carbocycles. The van der Waals surface area contributed by atoms with E-state index in [1.54, 1.807) is 0 Å². The molecule has 0 N–H and O–H groups in total. The summed E-state index contributed by atoms with van der Waals surface area (Å²) in [5.74, 6) is 1.06. The number of hydrogen-bond donors (Lipinski definition) is 0. The molecule has 2 aromatic rings. The van der Waals surface area contributed by atoms with E-state index >= 15 is 0 Å². The Morgan fingerprint density at radius 3 is 2.28 bits per heavy atom. The summed E-state index contributed by atoms with van der Waals surface area (Å²) in [5.41, 5.74) is 2.02. The number of benzene rings is 2. The Morgan fingerprint density at radius 2 is 1.67 bits per heavy atom. The van der Waals surface area contributed by atoms with Gasteiger partial charge in [-0.05, 0) is 24.1 Å². The first-order valence-electron chi connectivity index (χ1n) is 5.60. The van der Waals surface area contributed by atoms with Crippen LogP contribution in [0.3, 0.4) is 0 Å². The maximum atomic E-state index is 10.5. The van der Waals surface area contributed by atoms with Gasteiger partial charge < -0.3 is 1.43 Å². The third-order valence-electron chi connectivity index (χ3n) is 2.52. The summed E-state index contributed by atoms with van der Waals surface area (Å²) in [6, 6.07) is 18.2. The normalized spacial score (nSPS) is 9.56. The summed E-state index contributed by atoms with van der Waals surface area (Å²) in [6.45, 7) is 0. The molecule has 88 valence electrons. The van der Waals surface area contributed by atoms with Crippen LogP contribution in [0.4, 0.5) is 0 Å². The molecule has 0 unspecified atom stereocenters. The fourth-order valence-electron chi connectivity index (χ4n) is 1.57. The predicted octanol–water partition coefficient (Wildman–Crippen LogP) is 0.950. The zero-order valence-electron chi connectivity index (χ0n) is 11.5. The average molecular weight is 266 g/mol. The van der Waals surface area contributed by atoms with Gasteiger partial charge in [-0.2, -0.15) is 0 Å². The van der Waals surface area contributed by atoms with Gasteiger partial charge in [0.2, 0.25) is 0 Å². The van der Waals surface area contributed by atoms with Crippen LogP contribution in [0, 0.1) is 0 Å². The molecule has 0 saturated carbocycles. The molecule has 18 heavy (non-hydrogen) atoms. The van der Waals surface area contributed by atoms with Crippen molar-refractivity contribution in [2.45, 2.75) is 11.3 Å². The van der Waals surface area contributed by atoms with Gasteiger partial charge in [0.25, 0.3) is 0 Å². The Labute approximate surface area is 136 Å². The molecular formula is C15H15NaOS. The average Bonchev–Trinajstić information content (AvgIpc) is 2.41. The Hall–Kier alpha value is -0.540. The van der Waals surface area contributed by atoms with E-state index < -0.39 is 0 Å². The number of aldehydes is 1. The van der Waals surface area contributed by atoms with Crippen LogP contribution in [0.25, 0.3) is 0 Å². The molecule has 0 aromatic heterocycles. The van der Waals surface area contributed by atoms with Crippen LogP contribution in [0.5, 0.6) is 0 Å². The van der Waals surface area contributed by atoms with Crippen molar-refractivity contribution in [3.63, 3.8) is 0 Å². The Bertz CT molecular complexity index is 473. The summed E-state index contributed by atoms with van der Waals surface area (Å²) < 4.78 is 0. The van der Waals surface area contributed by atoms with Crippen molar-refractivity contribution in [3.8, 4) is 0 Å². The van der Waals surface area contributed by atoms with E-state index in [1.807, 2.05) is 42.1 Å². The first-order chi connectivity index (χ1) is 8.38. The maximum absolute atomic E-state index is 10.5. The van der Waals surface area contributed by atoms with Crippen LogP contribution in [-0.2, 0) is 6.42 Å². The zero-order chi connectivity index (χ0) is 11.9. The quantitative estimate of drug-likeness (QED) is 0.455. The molecule has 0 amide bonds. The first kappa shape index (κ1) is 15.5. The molecule has 0 bridgehead atoms. The first-order valence-corrected chi connectivity index (χ1v) is 6.59. The fourth-order valence-corrected chi connectivity index (χ4v) is 2.49.